The molecule has 1 N–H and O–H groups in total. The number of aromatic nitrogens is 1. The molecule has 8 rings (SSSR count). The summed E-state index contributed by atoms with van der Waals surface area (Å²) >= 11 is 1.89. The molecule has 0 unspecified atom stereocenters. The van der Waals surface area contributed by atoms with Crippen molar-refractivity contribution in [2.45, 2.75) is 0 Å². The zero-order valence-corrected chi connectivity index (χ0v) is 19.1. The quantitative estimate of drug-likeness (QED) is 0.257. The fourth-order valence-corrected chi connectivity index (χ4v) is 6.72. The fraction of sp³-hybridized carbons (Fsp3) is 0. The highest BCUT2D eigenvalue weighted by Crippen LogP contribution is 2.42. The highest BCUT2D eigenvalue weighted by atomic mass is 32.1. The van der Waals surface area contributed by atoms with E-state index in [0.29, 0.717) is 0 Å². The van der Waals surface area contributed by atoms with Crippen molar-refractivity contribution in [1.29, 1.82) is 0 Å². The van der Waals surface area contributed by atoms with Gasteiger partial charge in [0.15, 0.2) is 0 Å². The molecule has 6 aromatic carbocycles. The van der Waals surface area contributed by atoms with Gasteiger partial charge >= 0.3 is 0 Å². The summed E-state index contributed by atoms with van der Waals surface area (Å²) in [7, 11) is 0. The molecule has 0 aliphatic heterocycles. The van der Waals surface area contributed by atoms with Crippen LogP contribution in [0, 0.1) is 0 Å². The van der Waals surface area contributed by atoms with Gasteiger partial charge in [-0.1, -0.05) is 78.9 Å². The zero-order valence-electron chi connectivity index (χ0n) is 18.3. The lowest BCUT2D eigenvalue weighted by Gasteiger charge is -2.06. The predicted octanol–water partition coefficient (Wildman–Crippen LogP) is 9.66. The Morgan fingerprint density at radius 2 is 1.26 bits per heavy atom. The van der Waals surface area contributed by atoms with Crippen LogP contribution in [0.5, 0.6) is 0 Å². The summed E-state index contributed by atoms with van der Waals surface area (Å²) < 4.78 is 2.70. The van der Waals surface area contributed by atoms with Gasteiger partial charge in [-0.15, -0.1) is 11.3 Å². The van der Waals surface area contributed by atoms with E-state index in [1.807, 2.05) is 11.3 Å². The Hall–Kier alpha value is -4.14. The van der Waals surface area contributed by atoms with Crippen LogP contribution < -0.4 is 0 Å². The minimum absolute atomic E-state index is 1.20. The molecule has 0 fully saturated rings. The first-order chi connectivity index (χ1) is 16.8. The Morgan fingerprint density at radius 3 is 2.21 bits per heavy atom. The van der Waals surface area contributed by atoms with Crippen LogP contribution in [0.15, 0.2) is 109 Å². The molecule has 0 amide bonds. The third-order valence-corrected chi connectivity index (χ3v) is 8.28. The molecular formula is C32H19NS. The van der Waals surface area contributed by atoms with E-state index in [0.717, 1.165) is 0 Å². The lowest BCUT2D eigenvalue weighted by molar-refractivity contribution is 1.56. The van der Waals surface area contributed by atoms with E-state index in [1.165, 1.54) is 74.6 Å². The lowest BCUT2D eigenvalue weighted by Crippen LogP contribution is -1.80. The van der Waals surface area contributed by atoms with Gasteiger partial charge in [-0.2, -0.15) is 0 Å². The smallest absolute Gasteiger partial charge is 0.0472 e. The summed E-state index contributed by atoms with van der Waals surface area (Å²) in [6.07, 6.45) is 0. The molecule has 0 aliphatic carbocycles. The first-order valence-corrected chi connectivity index (χ1v) is 12.4. The Morgan fingerprint density at radius 1 is 0.441 bits per heavy atom. The highest BCUT2D eigenvalue weighted by molar-refractivity contribution is 7.26. The number of H-pyrrole nitrogens is 1. The summed E-state index contributed by atoms with van der Waals surface area (Å²) in [5.74, 6) is 0. The predicted molar refractivity (Wildman–Crippen MR) is 149 cm³/mol. The second-order valence-corrected chi connectivity index (χ2v) is 10.2. The summed E-state index contributed by atoms with van der Waals surface area (Å²) in [6.45, 7) is 0. The number of aromatic amines is 1. The summed E-state index contributed by atoms with van der Waals surface area (Å²) in [4.78, 5) is 3.72. The van der Waals surface area contributed by atoms with E-state index >= 15 is 0 Å². The minimum atomic E-state index is 1.20. The normalized spacial score (nSPS) is 12.1. The Labute approximate surface area is 199 Å². The Kier molecular flexibility index (Phi) is 3.60. The minimum Gasteiger partial charge on any atom is -0.354 e. The molecule has 0 saturated heterocycles. The molecule has 0 radical (unpaired) electrons. The number of thiophene rings is 1. The second-order valence-electron chi connectivity index (χ2n) is 9.07. The average Bonchev–Trinajstić information content (AvgIpc) is 3.45. The van der Waals surface area contributed by atoms with E-state index < -0.39 is 0 Å². The van der Waals surface area contributed by atoms with Gasteiger partial charge in [0.1, 0.15) is 0 Å². The molecule has 34 heavy (non-hydrogen) atoms. The number of fused-ring (bicyclic) bond motifs is 10. The van der Waals surface area contributed by atoms with Crippen molar-refractivity contribution in [3.8, 4) is 11.1 Å². The van der Waals surface area contributed by atoms with Gasteiger partial charge in [-0.3, -0.25) is 0 Å². The number of nitrogens with one attached hydrogen (secondary N) is 1. The SMILES string of the molecule is c1ccc(-c2ccc3c(ccc4[nH]c5cc6c(cc5c43)sc3ccc4ccccc4c36)c2)cc1. The maximum Gasteiger partial charge on any atom is 0.0472 e. The average molecular weight is 450 g/mol. The van der Waals surface area contributed by atoms with Crippen LogP contribution in [0.4, 0.5) is 0 Å². The molecule has 2 heterocycles. The number of benzene rings is 6. The van der Waals surface area contributed by atoms with Gasteiger partial charge in [-0.05, 0) is 63.0 Å². The Bertz CT molecular complexity index is 2060. The van der Waals surface area contributed by atoms with E-state index in [2.05, 4.69) is 114 Å². The number of rotatable bonds is 1. The monoisotopic (exact) mass is 449 g/mol. The molecule has 2 heteroatoms. The second kappa shape index (κ2) is 6.69. The fourth-order valence-electron chi connectivity index (χ4n) is 5.58. The van der Waals surface area contributed by atoms with Crippen LogP contribution >= 0.6 is 11.3 Å². The van der Waals surface area contributed by atoms with Crippen molar-refractivity contribution in [2.75, 3.05) is 0 Å². The van der Waals surface area contributed by atoms with Crippen LogP contribution in [0.1, 0.15) is 0 Å². The van der Waals surface area contributed by atoms with Crippen LogP contribution in [0.25, 0.3) is 74.6 Å². The maximum atomic E-state index is 3.72. The molecule has 1 nitrogen and oxygen atoms in total. The Balaban J connectivity index is 1.44. The van der Waals surface area contributed by atoms with E-state index in [1.54, 1.807) is 0 Å². The largest absolute Gasteiger partial charge is 0.354 e. The maximum absolute atomic E-state index is 3.72. The molecule has 2 aromatic heterocycles. The molecule has 0 bridgehead atoms. The topological polar surface area (TPSA) is 15.8 Å². The number of hydrogen-bond acceptors (Lipinski definition) is 1. The van der Waals surface area contributed by atoms with E-state index in [4.69, 9.17) is 0 Å². The standard InChI is InChI=1S/C32H19NS/c1-2-6-19(7-3-1)21-10-13-24-22(16-21)11-14-27-31(24)25-18-30-26(17-28(25)33-27)32-23-9-5-4-8-20(23)12-15-29(32)34-30/h1-18,33H. The van der Waals surface area contributed by atoms with Crippen molar-refractivity contribution >= 4 is 74.9 Å². The number of hydrogen-bond donors (Lipinski definition) is 1. The molecule has 158 valence electrons. The molecular weight excluding hydrogens is 430 g/mol. The van der Waals surface area contributed by atoms with E-state index in [-0.39, 0.29) is 0 Å². The zero-order chi connectivity index (χ0) is 22.2. The van der Waals surface area contributed by atoms with Crippen LogP contribution in [-0.4, -0.2) is 4.98 Å². The van der Waals surface area contributed by atoms with E-state index in [9.17, 15) is 0 Å². The molecule has 0 spiro atoms. The van der Waals surface area contributed by atoms with Gasteiger partial charge < -0.3 is 4.98 Å². The van der Waals surface area contributed by atoms with Gasteiger partial charge in [-0.25, -0.2) is 0 Å². The molecule has 0 aliphatic rings. The summed E-state index contributed by atoms with van der Waals surface area (Å²) in [5.41, 5.74) is 4.91. The van der Waals surface area contributed by atoms with Crippen molar-refractivity contribution < 1.29 is 0 Å². The first-order valence-electron chi connectivity index (χ1n) is 11.6. The van der Waals surface area contributed by atoms with Crippen molar-refractivity contribution in [2.24, 2.45) is 0 Å². The van der Waals surface area contributed by atoms with Crippen molar-refractivity contribution in [3.05, 3.63) is 109 Å². The molecule has 0 atom stereocenters. The van der Waals surface area contributed by atoms with Gasteiger partial charge in [0.2, 0.25) is 0 Å². The summed E-state index contributed by atoms with van der Waals surface area (Å²) in [5, 5.41) is 10.5. The third-order valence-electron chi connectivity index (χ3n) is 7.17. The third kappa shape index (κ3) is 2.49. The molecule has 0 saturated carbocycles. The van der Waals surface area contributed by atoms with Gasteiger partial charge in [0.25, 0.3) is 0 Å². The lowest BCUT2D eigenvalue weighted by atomic mass is 9.98. The summed E-state index contributed by atoms with van der Waals surface area (Å²) in [6, 6.07) is 39.9. The highest BCUT2D eigenvalue weighted by Gasteiger charge is 2.14. The van der Waals surface area contributed by atoms with Crippen molar-refractivity contribution in [1.82, 2.24) is 4.98 Å². The molecule has 8 aromatic rings. The van der Waals surface area contributed by atoms with Crippen LogP contribution in [0.3, 0.4) is 0 Å². The van der Waals surface area contributed by atoms with Gasteiger partial charge in [0.05, 0.1) is 0 Å². The van der Waals surface area contributed by atoms with Crippen LogP contribution in [0.2, 0.25) is 0 Å². The first kappa shape index (κ1) is 18.3. The van der Waals surface area contributed by atoms with Crippen molar-refractivity contribution in [3.63, 3.8) is 0 Å². The van der Waals surface area contributed by atoms with Gasteiger partial charge in [0, 0.05) is 42.0 Å². The van der Waals surface area contributed by atoms with Crippen LogP contribution in [-0.2, 0) is 0 Å².